The maximum Gasteiger partial charge on any atom is 0.237 e. The van der Waals surface area contributed by atoms with Crippen molar-refractivity contribution in [1.29, 1.82) is 0 Å². The molecule has 0 radical (unpaired) electrons. The molecule has 2 N–H and O–H groups in total. The van der Waals surface area contributed by atoms with Gasteiger partial charge in [0.05, 0.1) is 18.8 Å². The monoisotopic (exact) mass is 293 g/mol. The minimum atomic E-state index is -0.197. The summed E-state index contributed by atoms with van der Waals surface area (Å²) in [6.07, 6.45) is 6.57. The molecule has 5 heteroatoms. The highest BCUT2D eigenvalue weighted by Gasteiger charge is 2.36. The van der Waals surface area contributed by atoms with Crippen molar-refractivity contribution in [2.75, 3.05) is 20.6 Å². The molecular weight excluding hydrogens is 266 g/mol. The van der Waals surface area contributed by atoms with Crippen LogP contribution in [-0.4, -0.2) is 43.0 Å². The second kappa shape index (κ2) is 7.09. The van der Waals surface area contributed by atoms with Gasteiger partial charge in [0.2, 0.25) is 5.91 Å². The van der Waals surface area contributed by atoms with Crippen LogP contribution in [0.1, 0.15) is 38.4 Å². The molecule has 118 valence electrons. The van der Waals surface area contributed by atoms with E-state index >= 15 is 0 Å². The molecule has 0 bridgehead atoms. The van der Waals surface area contributed by atoms with Crippen LogP contribution in [0.4, 0.5) is 0 Å². The van der Waals surface area contributed by atoms with Crippen LogP contribution < -0.4 is 10.6 Å². The van der Waals surface area contributed by atoms with Crippen molar-refractivity contribution in [3.05, 3.63) is 24.2 Å². The van der Waals surface area contributed by atoms with E-state index < -0.39 is 0 Å². The predicted molar refractivity (Wildman–Crippen MR) is 82.9 cm³/mol. The first kappa shape index (κ1) is 16.0. The third kappa shape index (κ3) is 4.08. The summed E-state index contributed by atoms with van der Waals surface area (Å²) in [5, 5.41) is 6.29. The fourth-order valence-electron chi connectivity index (χ4n) is 2.99. The average molecular weight is 293 g/mol. The molecular formula is C16H27N3O2. The van der Waals surface area contributed by atoms with Gasteiger partial charge in [0.25, 0.3) is 0 Å². The summed E-state index contributed by atoms with van der Waals surface area (Å²) in [5.74, 6) is 0.786. The fourth-order valence-corrected chi connectivity index (χ4v) is 2.99. The van der Waals surface area contributed by atoms with E-state index in [4.69, 9.17) is 4.42 Å². The Morgan fingerprint density at radius 3 is 2.71 bits per heavy atom. The van der Waals surface area contributed by atoms with Crippen molar-refractivity contribution >= 4 is 5.91 Å². The number of carbonyl (C=O) groups excluding carboxylic acids is 1. The van der Waals surface area contributed by atoms with Crippen LogP contribution in [0.3, 0.4) is 0 Å². The van der Waals surface area contributed by atoms with Gasteiger partial charge in [0.1, 0.15) is 5.76 Å². The van der Waals surface area contributed by atoms with Crippen molar-refractivity contribution in [3.8, 4) is 0 Å². The molecule has 0 spiro atoms. The van der Waals surface area contributed by atoms with Gasteiger partial charge in [0, 0.05) is 12.1 Å². The van der Waals surface area contributed by atoms with Crippen molar-refractivity contribution in [1.82, 2.24) is 15.5 Å². The van der Waals surface area contributed by atoms with E-state index in [2.05, 4.69) is 29.6 Å². The number of carbonyl (C=O) groups is 1. The maximum atomic E-state index is 12.1. The number of hydrogen-bond acceptors (Lipinski definition) is 4. The number of nitrogens with one attached hydrogen (secondary N) is 2. The molecule has 2 rings (SSSR count). The SMILES string of the molecule is CC(NCC1(N(C)C)CCCC1)C(=O)NCc1ccco1. The largest absolute Gasteiger partial charge is 0.467 e. The molecule has 21 heavy (non-hydrogen) atoms. The lowest BCUT2D eigenvalue weighted by molar-refractivity contribution is -0.123. The van der Waals surface area contributed by atoms with Crippen LogP contribution in [0.15, 0.2) is 22.8 Å². The van der Waals surface area contributed by atoms with E-state index in [0.717, 1.165) is 12.3 Å². The standard InChI is InChI=1S/C16H27N3O2/c1-13(15(20)17-11-14-7-6-10-21-14)18-12-16(19(2)3)8-4-5-9-16/h6-7,10,13,18H,4-5,8-9,11-12H2,1-3H3,(H,17,20). The first-order valence-corrected chi connectivity index (χ1v) is 7.74. The van der Waals surface area contributed by atoms with Gasteiger partial charge in [-0.05, 0) is 46.0 Å². The first-order chi connectivity index (χ1) is 10.0. The van der Waals surface area contributed by atoms with E-state index in [1.807, 2.05) is 19.1 Å². The van der Waals surface area contributed by atoms with E-state index in [-0.39, 0.29) is 17.5 Å². The molecule has 1 fully saturated rings. The number of likely N-dealkylation sites (N-methyl/N-ethyl adjacent to an activating group) is 1. The third-order valence-electron chi connectivity index (χ3n) is 4.63. The summed E-state index contributed by atoms with van der Waals surface area (Å²) in [5.41, 5.74) is 0.204. The topological polar surface area (TPSA) is 57.5 Å². The van der Waals surface area contributed by atoms with Crippen molar-refractivity contribution in [2.24, 2.45) is 0 Å². The lowest BCUT2D eigenvalue weighted by Crippen LogP contribution is -2.53. The highest BCUT2D eigenvalue weighted by Crippen LogP contribution is 2.33. The quantitative estimate of drug-likeness (QED) is 0.804. The van der Waals surface area contributed by atoms with Gasteiger partial charge in [-0.1, -0.05) is 12.8 Å². The molecule has 1 saturated carbocycles. The van der Waals surface area contributed by atoms with Crippen LogP contribution in [-0.2, 0) is 11.3 Å². The number of amides is 1. The molecule has 1 unspecified atom stereocenters. The molecule has 0 saturated heterocycles. The second-order valence-corrected chi connectivity index (χ2v) is 6.23. The molecule has 1 amide bonds. The van der Waals surface area contributed by atoms with E-state index in [1.165, 1.54) is 25.7 Å². The number of nitrogens with zero attached hydrogens (tertiary/aromatic N) is 1. The molecule has 1 aromatic heterocycles. The van der Waals surface area contributed by atoms with Gasteiger partial charge in [-0.3, -0.25) is 4.79 Å². The normalized spacial score (nSPS) is 18.9. The molecule has 1 aliphatic carbocycles. The molecule has 1 aliphatic rings. The summed E-state index contributed by atoms with van der Waals surface area (Å²) in [7, 11) is 4.27. The number of hydrogen-bond donors (Lipinski definition) is 2. The highest BCUT2D eigenvalue weighted by molar-refractivity contribution is 5.81. The molecule has 1 heterocycles. The van der Waals surface area contributed by atoms with Gasteiger partial charge < -0.3 is 20.0 Å². The Kier molecular flexibility index (Phi) is 5.42. The zero-order valence-corrected chi connectivity index (χ0v) is 13.3. The van der Waals surface area contributed by atoms with Crippen LogP contribution in [0.25, 0.3) is 0 Å². The van der Waals surface area contributed by atoms with Gasteiger partial charge in [-0.25, -0.2) is 0 Å². The van der Waals surface area contributed by atoms with Gasteiger partial charge >= 0.3 is 0 Å². The molecule has 1 aromatic rings. The molecule has 0 aliphatic heterocycles. The minimum Gasteiger partial charge on any atom is -0.467 e. The Morgan fingerprint density at radius 1 is 1.43 bits per heavy atom. The van der Waals surface area contributed by atoms with Crippen molar-refractivity contribution in [3.63, 3.8) is 0 Å². The number of furan rings is 1. The van der Waals surface area contributed by atoms with Gasteiger partial charge in [-0.15, -0.1) is 0 Å². The predicted octanol–water partition coefficient (Wildman–Crippen LogP) is 1.75. The van der Waals surface area contributed by atoms with Crippen molar-refractivity contribution in [2.45, 2.75) is 50.7 Å². The van der Waals surface area contributed by atoms with Gasteiger partial charge in [0.15, 0.2) is 0 Å². The van der Waals surface area contributed by atoms with Crippen LogP contribution in [0, 0.1) is 0 Å². The lowest BCUT2D eigenvalue weighted by atomic mass is 9.95. The summed E-state index contributed by atoms with van der Waals surface area (Å²) >= 11 is 0. The van der Waals surface area contributed by atoms with Crippen molar-refractivity contribution < 1.29 is 9.21 Å². The third-order valence-corrected chi connectivity index (χ3v) is 4.63. The van der Waals surface area contributed by atoms with Gasteiger partial charge in [-0.2, -0.15) is 0 Å². The summed E-state index contributed by atoms with van der Waals surface area (Å²) in [4.78, 5) is 14.4. The Labute approximate surface area is 127 Å². The maximum absolute atomic E-state index is 12.1. The second-order valence-electron chi connectivity index (χ2n) is 6.23. The van der Waals surface area contributed by atoms with Crippen LogP contribution in [0.5, 0.6) is 0 Å². The first-order valence-electron chi connectivity index (χ1n) is 7.74. The zero-order chi connectivity index (χ0) is 15.3. The average Bonchev–Trinajstić information content (AvgIpc) is 3.13. The Hall–Kier alpha value is -1.33. The fraction of sp³-hybridized carbons (Fsp3) is 0.688. The number of rotatable bonds is 7. The molecule has 1 atom stereocenters. The lowest BCUT2D eigenvalue weighted by Gasteiger charge is -2.37. The Balaban J connectivity index is 1.77. The minimum absolute atomic E-state index is 0.0123. The summed E-state index contributed by atoms with van der Waals surface area (Å²) in [6.45, 7) is 3.21. The Morgan fingerprint density at radius 2 is 2.14 bits per heavy atom. The van der Waals surface area contributed by atoms with E-state index in [9.17, 15) is 4.79 Å². The summed E-state index contributed by atoms with van der Waals surface area (Å²) in [6, 6.07) is 3.49. The smallest absolute Gasteiger partial charge is 0.237 e. The molecule has 0 aromatic carbocycles. The van der Waals surface area contributed by atoms with E-state index in [0.29, 0.717) is 6.54 Å². The molecule has 5 nitrogen and oxygen atoms in total. The zero-order valence-electron chi connectivity index (χ0n) is 13.3. The highest BCUT2D eigenvalue weighted by atomic mass is 16.3. The van der Waals surface area contributed by atoms with Crippen LogP contribution in [0.2, 0.25) is 0 Å². The summed E-state index contributed by atoms with van der Waals surface area (Å²) < 4.78 is 5.21. The van der Waals surface area contributed by atoms with E-state index in [1.54, 1.807) is 6.26 Å². The Bertz CT molecular complexity index is 436. The van der Waals surface area contributed by atoms with Crippen LogP contribution >= 0.6 is 0 Å².